The van der Waals surface area contributed by atoms with E-state index in [-0.39, 0.29) is 17.5 Å². The number of hydrogen-bond acceptors (Lipinski definition) is 3. The maximum atomic E-state index is 11.9. The Morgan fingerprint density at radius 2 is 2.16 bits per heavy atom. The van der Waals surface area contributed by atoms with Gasteiger partial charge in [0.1, 0.15) is 0 Å². The molecule has 6 heteroatoms. The maximum Gasteiger partial charge on any atom is 0.315 e. The number of urea groups is 1. The Labute approximate surface area is 121 Å². The summed E-state index contributed by atoms with van der Waals surface area (Å²) in [5, 5.41) is 7.74. The monoisotopic (exact) mass is 302 g/mol. The average Bonchev–Trinajstić information content (AvgIpc) is 2.76. The van der Waals surface area contributed by atoms with Crippen molar-refractivity contribution in [2.24, 2.45) is 5.41 Å². The molecule has 0 aliphatic carbocycles. The van der Waals surface area contributed by atoms with Crippen molar-refractivity contribution in [2.75, 3.05) is 18.6 Å². The number of nitrogens with one attached hydrogen (secondary N) is 2. The Hall–Kier alpha value is -0.880. The largest absolute Gasteiger partial charge is 0.337 e. The lowest BCUT2D eigenvalue weighted by Gasteiger charge is -2.30. The van der Waals surface area contributed by atoms with Crippen LogP contribution in [0.1, 0.15) is 31.7 Å². The van der Waals surface area contributed by atoms with Crippen molar-refractivity contribution in [1.82, 2.24) is 10.6 Å². The van der Waals surface area contributed by atoms with Gasteiger partial charge in [0.25, 0.3) is 0 Å². The number of rotatable bonds is 5. The van der Waals surface area contributed by atoms with Crippen molar-refractivity contribution in [1.29, 1.82) is 0 Å². The summed E-state index contributed by atoms with van der Waals surface area (Å²) in [6.07, 6.45) is 1.63. The summed E-state index contributed by atoms with van der Waals surface area (Å²) in [6.45, 7) is 6.71. The van der Waals surface area contributed by atoms with Crippen molar-refractivity contribution in [2.45, 2.75) is 26.8 Å². The lowest BCUT2D eigenvalue weighted by molar-refractivity contribution is 0.220. The van der Waals surface area contributed by atoms with Crippen molar-refractivity contribution in [3.8, 4) is 0 Å². The molecule has 1 aromatic heterocycles. The summed E-state index contributed by atoms with van der Waals surface area (Å²) in [5.41, 5.74) is -0.0598. The second-order valence-electron chi connectivity index (χ2n) is 5.49. The Morgan fingerprint density at radius 3 is 2.63 bits per heavy atom. The Morgan fingerprint density at radius 1 is 1.47 bits per heavy atom. The highest BCUT2D eigenvalue weighted by Gasteiger charge is 2.28. The number of thiophene rings is 1. The second-order valence-corrected chi connectivity index (χ2v) is 8.03. The highest BCUT2D eigenvalue weighted by atomic mass is 32.2. The molecule has 0 saturated heterocycles. The van der Waals surface area contributed by atoms with E-state index in [0.717, 1.165) is 4.88 Å². The first kappa shape index (κ1) is 16.2. The van der Waals surface area contributed by atoms with E-state index in [2.05, 4.69) is 31.4 Å². The third kappa shape index (κ3) is 5.74. The molecule has 4 nitrogen and oxygen atoms in total. The molecule has 1 aromatic rings. The van der Waals surface area contributed by atoms with E-state index >= 15 is 0 Å². The summed E-state index contributed by atoms with van der Waals surface area (Å²) in [5.74, 6) is 0.479. The summed E-state index contributed by atoms with van der Waals surface area (Å²) in [7, 11) is -0.882. The van der Waals surface area contributed by atoms with Crippen LogP contribution in [0.4, 0.5) is 4.79 Å². The Kier molecular flexibility index (Phi) is 6.00. The minimum atomic E-state index is -0.882. The number of amides is 2. The molecular weight excluding hydrogens is 280 g/mol. The van der Waals surface area contributed by atoms with Crippen LogP contribution in [-0.2, 0) is 10.8 Å². The standard InChI is InChI=1S/C13H22N2O2S2/c1-13(2,3)11(10-6-5-8-18-10)15-12(16)14-7-9-19(4)17/h5-6,8,11H,7,9H2,1-4H3,(H2,14,15,16)/t11-,19-/m1/s1. The minimum Gasteiger partial charge on any atom is -0.337 e. The van der Waals surface area contributed by atoms with E-state index in [1.807, 2.05) is 17.5 Å². The van der Waals surface area contributed by atoms with E-state index in [1.165, 1.54) is 0 Å². The van der Waals surface area contributed by atoms with Crippen LogP contribution >= 0.6 is 11.3 Å². The fraction of sp³-hybridized carbons (Fsp3) is 0.615. The van der Waals surface area contributed by atoms with Crippen LogP contribution < -0.4 is 10.6 Å². The van der Waals surface area contributed by atoms with E-state index < -0.39 is 10.8 Å². The third-order valence-corrected chi connectivity index (χ3v) is 4.36. The SMILES string of the molecule is C[S@@](=O)CCNC(=O)N[C@H](c1cccs1)C(C)(C)C. The first-order valence-corrected chi connectivity index (χ1v) is 8.79. The van der Waals surface area contributed by atoms with Gasteiger partial charge in [0.05, 0.1) is 6.04 Å². The molecule has 2 amide bonds. The topological polar surface area (TPSA) is 58.2 Å². The zero-order valence-electron chi connectivity index (χ0n) is 11.9. The lowest BCUT2D eigenvalue weighted by atomic mass is 9.86. The molecule has 19 heavy (non-hydrogen) atoms. The molecule has 0 saturated carbocycles. The molecule has 1 heterocycles. The Balaban J connectivity index is 2.59. The van der Waals surface area contributed by atoms with Crippen molar-refractivity contribution < 1.29 is 9.00 Å². The first-order valence-electron chi connectivity index (χ1n) is 6.18. The third-order valence-electron chi connectivity index (χ3n) is 2.64. The van der Waals surface area contributed by atoms with Crippen LogP contribution in [0, 0.1) is 5.41 Å². The van der Waals surface area contributed by atoms with E-state index in [9.17, 15) is 9.00 Å². The van der Waals surface area contributed by atoms with Crippen LogP contribution in [0.3, 0.4) is 0 Å². The van der Waals surface area contributed by atoms with Crippen LogP contribution in [0.15, 0.2) is 17.5 Å². The molecule has 2 N–H and O–H groups in total. The molecule has 0 aliphatic heterocycles. The average molecular weight is 302 g/mol. The maximum absolute atomic E-state index is 11.9. The van der Waals surface area contributed by atoms with Gasteiger partial charge in [-0.3, -0.25) is 4.21 Å². The summed E-state index contributed by atoms with van der Waals surface area (Å²) in [6, 6.07) is 3.78. The molecule has 108 valence electrons. The van der Waals surface area contributed by atoms with Gasteiger partial charge in [-0.25, -0.2) is 4.79 Å². The fourth-order valence-electron chi connectivity index (χ4n) is 1.66. The zero-order valence-corrected chi connectivity index (χ0v) is 13.5. The predicted octanol–water partition coefficient (Wildman–Crippen LogP) is 2.51. The van der Waals surface area contributed by atoms with Crippen LogP contribution in [-0.4, -0.2) is 28.8 Å². The second kappa shape index (κ2) is 7.05. The molecule has 0 spiro atoms. The van der Waals surface area contributed by atoms with Crippen molar-refractivity contribution >= 4 is 28.2 Å². The fourth-order valence-corrected chi connectivity index (χ4v) is 3.07. The summed E-state index contributed by atoms with van der Waals surface area (Å²) in [4.78, 5) is 13.0. The summed E-state index contributed by atoms with van der Waals surface area (Å²) < 4.78 is 10.9. The van der Waals surface area contributed by atoms with Gasteiger partial charge in [0.2, 0.25) is 0 Å². The molecule has 0 aromatic carbocycles. The molecule has 1 rings (SSSR count). The molecule has 0 radical (unpaired) electrons. The molecule has 2 atom stereocenters. The van der Waals surface area contributed by atoms with Gasteiger partial charge in [-0.1, -0.05) is 26.8 Å². The van der Waals surface area contributed by atoms with Gasteiger partial charge < -0.3 is 10.6 Å². The van der Waals surface area contributed by atoms with Gasteiger partial charge in [-0.2, -0.15) is 0 Å². The molecular formula is C13H22N2O2S2. The van der Waals surface area contributed by atoms with Gasteiger partial charge in [0.15, 0.2) is 0 Å². The minimum absolute atomic E-state index is 0.0281. The van der Waals surface area contributed by atoms with Crippen molar-refractivity contribution in [3.05, 3.63) is 22.4 Å². The molecule has 0 fully saturated rings. The summed E-state index contributed by atoms with van der Waals surface area (Å²) >= 11 is 1.64. The van der Waals surface area contributed by atoms with Gasteiger partial charge in [0, 0.05) is 34.2 Å². The molecule has 0 aliphatic rings. The molecule has 0 unspecified atom stereocenters. The lowest BCUT2D eigenvalue weighted by Crippen LogP contribution is -2.43. The van der Waals surface area contributed by atoms with E-state index in [0.29, 0.717) is 12.3 Å². The predicted molar refractivity (Wildman–Crippen MR) is 82.0 cm³/mol. The van der Waals surface area contributed by atoms with Gasteiger partial charge >= 0.3 is 6.03 Å². The van der Waals surface area contributed by atoms with Crippen molar-refractivity contribution in [3.63, 3.8) is 0 Å². The smallest absolute Gasteiger partial charge is 0.315 e. The quantitative estimate of drug-likeness (QED) is 0.878. The van der Waals surface area contributed by atoms with E-state index in [1.54, 1.807) is 17.6 Å². The highest BCUT2D eigenvalue weighted by molar-refractivity contribution is 7.84. The normalized spacial score (nSPS) is 14.7. The highest BCUT2D eigenvalue weighted by Crippen LogP contribution is 2.34. The van der Waals surface area contributed by atoms with Crippen LogP contribution in [0.5, 0.6) is 0 Å². The van der Waals surface area contributed by atoms with Gasteiger partial charge in [-0.15, -0.1) is 11.3 Å². The Bertz CT molecular complexity index is 424. The van der Waals surface area contributed by atoms with E-state index in [4.69, 9.17) is 0 Å². The van der Waals surface area contributed by atoms with Crippen LogP contribution in [0.25, 0.3) is 0 Å². The van der Waals surface area contributed by atoms with Gasteiger partial charge in [-0.05, 0) is 16.9 Å². The van der Waals surface area contributed by atoms with Crippen LogP contribution in [0.2, 0.25) is 0 Å². The number of carbonyl (C=O) groups is 1. The number of carbonyl (C=O) groups excluding carboxylic acids is 1. The first-order chi connectivity index (χ1) is 8.80. The molecule has 0 bridgehead atoms. The zero-order chi connectivity index (χ0) is 14.5. The number of hydrogen-bond donors (Lipinski definition) is 2.